The predicted octanol–water partition coefficient (Wildman–Crippen LogP) is 4.26. The molecule has 1 aromatic carbocycles. The first-order valence-corrected chi connectivity index (χ1v) is 8.47. The minimum absolute atomic E-state index is 0.0331. The first-order chi connectivity index (χ1) is 10.2. The molecule has 0 radical (unpaired) electrons. The van der Waals surface area contributed by atoms with E-state index < -0.39 is 0 Å². The first-order valence-electron chi connectivity index (χ1n) is 8.47. The number of nitrogens with zero attached hydrogens (tertiary/aromatic N) is 1. The fourth-order valence-electron chi connectivity index (χ4n) is 3.44. The highest BCUT2D eigenvalue weighted by molar-refractivity contribution is 5.55. The van der Waals surface area contributed by atoms with Crippen molar-refractivity contribution in [3.63, 3.8) is 0 Å². The molecule has 3 heteroatoms. The third-order valence-electron chi connectivity index (χ3n) is 4.75. The molecule has 1 unspecified atom stereocenters. The summed E-state index contributed by atoms with van der Waals surface area (Å²) in [5.74, 6) is -0.106. The van der Waals surface area contributed by atoms with E-state index in [1.54, 1.807) is 6.07 Å². The van der Waals surface area contributed by atoms with Gasteiger partial charge in [-0.1, -0.05) is 32.3 Å². The molecule has 1 fully saturated rings. The van der Waals surface area contributed by atoms with E-state index >= 15 is 0 Å². The second-order valence-electron chi connectivity index (χ2n) is 6.19. The maximum absolute atomic E-state index is 14.3. The minimum Gasteiger partial charge on any atom is -0.369 e. The van der Waals surface area contributed by atoms with E-state index in [9.17, 15) is 4.39 Å². The van der Waals surface area contributed by atoms with Gasteiger partial charge in [-0.05, 0) is 44.7 Å². The molecule has 0 heterocycles. The van der Waals surface area contributed by atoms with Crippen LogP contribution in [0.4, 0.5) is 10.1 Å². The van der Waals surface area contributed by atoms with Crippen LogP contribution in [0.2, 0.25) is 0 Å². The van der Waals surface area contributed by atoms with Crippen molar-refractivity contribution in [3.8, 4) is 0 Å². The molecule has 2 N–H and O–H groups in total. The molecule has 1 aromatic rings. The van der Waals surface area contributed by atoms with Crippen molar-refractivity contribution in [1.82, 2.24) is 0 Å². The molecule has 2 nitrogen and oxygen atoms in total. The van der Waals surface area contributed by atoms with E-state index in [2.05, 4.69) is 24.8 Å². The standard InChI is InChI=1S/C18H29FN2/c1-3-14(20)13-16-17(19)11-8-12-18(16)21(4-2)15-9-6-5-7-10-15/h8,11-12,14-15H,3-7,9-10,13,20H2,1-2H3. The maximum Gasteiger partial charge on any atom is 0.128 e. The average Bonchev–Trinajstić information content (AvgIpc) is 2.52. The topological polar surface area (TPSA) is 29.3 Å². The molecule has 1 aliphatic carbocycles. The molecule has 1 saturated carbocycles. The van der Waals surface area contributed by atoms with Crippen molar-refractivity contribution in [2.24, 2.45) is 5.73 Å². The van der Waals surface area contributed by atoms with E-state index in [1.807, 2.05) is 6.07 Å². The quantitative estimate of drug-likeness (QED) is 0.848. The van der Waals surface area contributed by atoms with E-state index in [0.717, 1.165) is 24.2 Å². The zero-order valence-corrected chi connectivity index (χ0v) is 13.4. The van der Waals surface area contributed by atoms with E-state index in [4.69, 9.17) is 5.73 Å². The Hall–Kier alpha value is -1.09. The predicted molar refractivity (Wildman–Crippen MR) is 88.3 cm³/mol. The average molecular weight is 292 g/mol. The lowest BCUT2D eigenvalue weighted by Crippen LogP contribution is -2.38. The summed E-state index contributed by atoms with van der Waals surface area (Å²) in [7, 11) is 0. The van der Waals surface area contributed by atoms with Gasteiger partial charge in [-0.15, -0.1) is 0 Å². The van der Waals surface area contributed by atoms with Crippen LogP contribution in [0.5, 0.6) is 0 Å². The Labute approximate surface area is 128 Å². The summed E-state index contributed by atoms with van der Waals surface area (Å²) in [5, 5.41) is 0. The van der Waals surface area contributed by atoms with Crippen LogP contribution in [0.1, 0.15) is 57.9 Å². The van der Waals surface area contributed by atoms with Gasteiger partial charge < -0.3 is 10.6 Å². The Morgan fingerprint density at radius 2 is 1.95 bits per heavy atom. The zero-order valence-electron chi connectivity index (χ0n) is 13.4. The molecular weight excluding hydrogens is 263 g/mol. The van der Waals surface area contributed by atoms with E-state index in [0.29, 0.717) is 12.5 Å². The van der Waals surface area contributed by atoms with Crippen molar-refractivity contribution in [1.29, 1.82) is 0 Å². The van der Waals surface area contributed by atoms with Crippen LogP contribution < -0.4 is 10.6 Å². The number of hydrogen-bond donors (Lipinski definition) is 1. The van der Waals surface area contributed by atoms with Crippen LogP contribution >= 0.6 is 0 Å². The maximum atomic E-state index is 14.3. The van der Waals surface area contributed by atoms with Gasteiger partial charge >= 0.3 is 0 Å². The molecule has 1 aliphatic rings. The Morgan fingerprint density at radius 1 is 1.24 bits per heavy atom. The molecule has 0 bridgehead atoms. The lowest BCUT2D eigenvalue weighted by Gasteiger charge is -2.37. The molecular formula is C18H29FN2. The highest BCUT2D eigenvalue weighted by Gasteiger charge is 2.23. The van der Waals surface area contributed by atoms with Gasteiger partial charge in [0.2, 0.25) is 0 Å². The second kappa shape index (κ2) is 7.79. The number of halogens is 1. The van der Waals surface area contributed by atoms with Gasteiger partial charge in [0.1, 0.15) is 5.82 Å². The summed E-state index contributed by atoms with van der Waals surface area (Å²) < 4.78 is 14.3. The van der Waals surface area contributed by atoms with Crippen molar-refractivity contribution in [2.75, 3.05) is 11.4 Å². The first kappa shape index (κ1) is 16.3. The normalized spacial score (nSPS) is 17.7. The second-order valence-corrected chi connectivity index (χ2v) is 6.19. The van der Waals surface area contributed by atoms with Crippen LogP contribution in [-0.2, 0) is 6.42 Å². The summed E-state index contributed by atoms with van der Waals surface area (Å²) in [6.07, 6.45) is 7.88. The fourth-order valence-corrected chi connectivity index (χ4v) is 3.44. The summed E-state index contributed by atoms with van der Waals surface area (Å²) in [6, 6.07) is 6.05. The minimum atomic E-state index is -0.106. The van der Waals surface area contributed by atoms with Crippen molar-refractivity contribution in [2.45, 2.75) is 70.9 Å². The number of hydrogen-bond acceptors (Lipinski definition) is 2. The van der Waals surface area contributed by atoms with Gasteiger partial charge in [-0.3, -0.25) is 0 Å². The highest BCUT2D eigenvalue weighted by atomic mass is 19.1. The number of rotatable bonds is 6. The highest BCUT2D eigenvalue weighted by Crippen LogP contribution is 2.31. The molecule has 0 aromatic heterocycles. The number of nitrogens with two attached hydrogens (primary N) is 1. The van der Waals surface area contributed by atoms with Gasteiger partial charge in [0.05, 0.1) is 0 Å². The van der Waals surface area contributed by atoms with Crippen LogP contribution in [0.3, 0.4) is 0 Å². The van der Waals surface area contributed by atoms with Gasteiger partial charge in [-0.25, -0.2) is 4.39 Å². The van der Waals surface area contributed by atoms with Crippen LogP contribution in [0, 0.1) is 5.82 Å². The monoisotopic (exact) mass is 292 g/mol. The Morgan fingerprint density at radius 3 is 2.57 bits per heavy atom. The van der Waals surface area contributed by atoms with Crippen molar-refractivity contribution >= 4 is 5.69 Å². The largest absolute Gasteiger partial charge is 0.369 e. The lowest BCUT2D eigenvalue weighted by molar-refractivity contribution is 0.416. The number of anilines is 1. The zero-order chi connectivity index (χ0) is 15.2. The van der Waals surface area contributed by atoms with Crippen molar-refractivity contribution in [3.05, 3.63) is 29.6 Å². The van der Waals surface area contributed by atoms with Gasteiger partial charge in [0, 0.05) is 29.9 Å². The molecule has 118 valence electrons. The summed E-state index contributed by atoms with van der Waals surface area (Å²) in [5.41, 5.74) is 7.95. The SMILES string of the molecule is CCC(N)Cc1c(F)cccc1N(CC)C1CCCCC1. The molecule has 1 atom stereocenters. The summed E-state index contributed by atoms with van der Waals surface area (Å²) >= 11 is 0. The van der Waals surface area contributed by atoms with Gasteiger partial charge in [-0.2, -0.15) is 0 Å². The fraction of sp³-hybridized carbons (Fsp3) is 0.667. The van der Waals surface area contributed by atoms with Gasteiger partial charge in [0.25, 0.3) is 0 Å². The van der Waals surface area contributed by atoms with E-state index in [-0.39, 0.29) is 11.9 Å². The third kappa shape index (κ3) is 3.97. The molecule has 2 rings (SSSR count). The lowest BCUT2D eigenvalue weighted by atomic mass is 9.92. The Bertz CT molecular complexity index is 441. The van der Waals surface area contributed by atoms with Gasteiger partial charge in [0.15, 0.2) is 0 Å². The summed E-state index contributed by atoms with van der Waals surface area (Å²) in [6.45, 7) is 5.16. The van der Waals surface area contributed by atoms with Crippen LogP contribution in [0.15, 0.2) is 18.2 Å². The third-order valence-corrected chi connectivity index (χ3v) is 4.75. The van der Waals surface area contributed by atoms with Crippen LogP contribution in [0.25, 0.3) is 0 Å². The summed E-state index contributed by atoms with van der Waals surface area (Å²) in [4.78, 5) is 2.40. The van der Waals surface area contributed by atoms with Crippen LogP contribution in [-0.4, -0.2) is 18.6 Å². The molecule has 0 amide bonds. The molecule has 0 spiro atoms. The smallest absolute Gasteiger partial charge is 0.128 e. The molecule has 0 saturated heterocycles. The number of benzene rings is 1. The van der Waals surface area contributed by atoms with E-state index in [1.165, 1.54) is 32.1 Å². The molecule has 21 heavy (non-hydrogen) atoms. The molecule has 0 aliphatic heterocycles. The Balaban J connectivity index is 2.29. The Kier molecular flexibility index (Phi) is 6.04. The van der Waals surface area contributed by atoms with Crippen molar-refractivity contribution < 1.29 is 4.39 Å².